The van der Waals surface area contributed by atoms with Crippen molar-refractivity contribution in [1.82, 2.24) is 0 Å². The lowest BCUT2D eigenvalue weighted by Crippen LogP contribution is -2.44. The Balaban J connectivity index is 2.06. The molecule has 0 aliphatic heterocycles. The van der Waals surface area contributed by atoms with Crippen molar-refractivity contribution < 1.29 is 4.74 Å². The topological polar surface area (TPSA) is 47.3 Å². The number of hydrogen-bond donors (Lipinski definition) is 2. The van der Waals surface area contributed by atoms with Crippen molar-refractivity contribution >= 4 is 5.69 Å². The van der Waals surface area contributed by atoms with Gasteiger partial charge >= 0.3 is 0 Å². The first-order valence-electron chi connectivity index (χ1n) is 5.94. The van der Waals surface area contributed by atoms with E-state index in [-0.39, 0.29) is 0 Å². The molecule has 0 unspecified atom stereocenters. The van der Waals surface area contributed by atoms with E-state index in [1.54, 1.807) is 0 Å². The van der Waals surface area contributed by atoms with Crippen LogP contribution in [0.15, 0.2) is 18.2 Å². The molecule has 3 heteroatoms. The highest BCUT2D eigenvalue weighted by Gasteiger charge is 2.26. The zero-order valence-corrected chi connectivity index (χ0v) is 9.99. The molecule has 1 aromatic carbocycles. The van der Waals surface area contributed by atoms with E-state index in [2.05, 4.69) is 30.4 Å². The summed E-state index contributed by atoms with van der Waals surface area (Å²) in [4.78, 5) is 0. The molecule has 3 nitrogen and oxygen atoms in total. The van der Waals surface area contributed by atoms with E-state index in [9.17, 15) is 0 Å². The van der Waals surface area contributed by atoms with Crippen molar-refractivity contribution in [3.63, 3.8) is 0 Å². The summed E-state index contributed by atoms with van der Waals surface area (Å²) >= 11 is 0. The molecule has 1 fully saturated rings. The first kappa shape index (κ1) is 11.3. The smallest absolute Gasteiger partial charge is 0.142 e. The molecule has 0 spiro atoms. The second-order valence-electron chi connectivity index (χ2n) is 4.51. The summed E-state index contributed by atoms with van der Waals surface area (Å²) in [5.41, 5.74) is 8.08. The monoisotopic (exact) mass is 220 g/mol. The molecule has 2 rings (SSSR count). The van der Waals surface area contributed by atoms with E-state index in [0.29, 0.717) is 18.7 Å². The highest BCUT2D eigenvalue weighted by Crippen LogP contribution is 2.30. The Morgan fingerprint density at radius 1 is 1.44 bits per heavy atom. The van der Waals surface area contributed by atoms with Gasteiger partial charge in [-0.1, -0.05) is 6.07 Å². The van der Waals surface area contributed by atoms with Gasteiger partial charge in [-0.2, -0.15) is 0 Å². The van der Waals surface area contributed by atoms with Crippen molar-refractivity contribution in [2.75, 3.05) is 11.9 Å². The highest BCUT2D eigenvalue weighted by molar-refractivity contribution is 5.58. The Morgan fingerprint density at radius 3 is 2.81 bits per heavy atom. The van der Waals surface area contributed by atoms with Gasteiger partial charge in [0.15, 0.2) is 0 Å². The molecular formula is C13H20N2O. The fraction of sp³-hybridized carbons (Fsp3) is 0.538. The number of rotatable bonds is 4. The third kappa shape index (κ3) is 2.47. The van der Waals surface area contributed by atoms with Crippen LogP contribution in [0.2, 0.25) is 0 Å². The molecule has 1 aromatic rings. The molecule has 88 valence electrons. The summed E-state index contributed by atoms with van der Waals surface area (Å²) in [7, 11) is 0. The number of nitrogens with one attached hydrogen (secondary N) is 1. The lowest BCUT2D eigenvalue weighted by atomic mass is 9.87. The molecule has 0 radical (unpaired) electrons. The standard InChI is InChI=1S/C13H20N2O/c1-3-16-13-6-9(2)4-5-12(13)15-11-7-10(14)8-11/h4-6,10-11,15H,3,7-8,14H2,1-2H3. The van der Waals surface area contributed by atoms with Crippen molar-refractivity contribution in [2.45, 2.75) is 38.8 Å². The van der Waals surface area contributed by atoms with Crippen LogP contribution in [-0.4, -0.2) is 18.7 Å². The molecular weight excluding hydrogens is 200 g/mol. The largest absolute Gasteiger partial charge is 0.492 e. The van der Waals surface area contributed by atoms with E-state index in [0.717, 1.165) is 24.3 Å². The minimum Gasteiger partial charge on any atom is -0.492 e. The lowest BCUT2D eigenvalue weighted by Gasteiger charge is -2.34. The second-order valence-corrected chi connectivity index (χ2v) is 4.51. The van der Waals surface area contributed by atoms with Crippen LogP contribution in [-0.2, 0) is 0 Å². The average Bonchev–Trinajstić information content (AvgIpc) is 2.20. The summed E-state index contributed by atoms with van der Waals surface area (Å²) < 4.78 is 5.62. The summed E-state index contributed by atoms with van der Waals surface area (Å²) in [6.07, 6.45) is 2.11. The first-order valence-corrected chi connectivity index (χ1v) is 5.94. The fourth-order valence-electron chi connectivity index (χ4n) is 2.02. The number of aryl methyl sites for hydroxylation is 1. The Morgan fingerprint density at radius 2 is 2.19 bits per heavy atom. The van der Waals surface area contributed by atoms with Crippen LogP contribution < -0.4 is 15.8 Å². The van der Waals surface area contributed by atoms with Crippen molar-refractivity contribution in [3.05, 3.63) is 23.8 Å². The van der Waals surface area contributed by atoms with Crippen LogP contribution in [0.3, 0.4) is 0 Å². The number of anilines is 1. The third-order valence-electron chi connectivity index (χ3n) is 2.97. The van der Waals surface area contributed by atoms with E-state index < -0.39 is 0 Å². The highest BCUT2D eigenvalue weighted by atomic mass is 16.5. The Bertz CT molecular complexity index is 359. The molecule has 0 atom stereocenters. The van der Waals surface area contributed by atoms with Gasteiger partial charge in [0, 0.05) is 12.1 Å². The number of nitrogens with two attached hydrogens (primary N) is 1. The van der Waals surface area contributed by atoms with E-state index in [4.69, 9.17) is 10.5 Å². The molecule has 0 heterocycles. The molecule has 0 aromatic heterocycles. The molecule has 1 saturated carbocycles. The Hall–Kier alpha value is -1.22. The lowest BCUT2D eigenvalue weighted by molar-refractivity contribution is 0.337. The van der Waals surface area contributed by atoms with Gasteiger partial charge in [-0.15, -0.1) is 0 Å². The maximum absolute atomic E-state index is 5.77. The zero-order chi connectivity index (χ0) is 11.5. The summed E-state index contributed by atoms with van der Waals surface area (Å²) in [5.74, 6) is 0.947. The quantitative estimate of drug-likeness (QED) is 0.818. The van der Waals surface area contributed by atoms with E-state index in [1.165, 1.54) is 5.56 Å². The van der Waals surface area contributed by atoms with Crippen LogP contribution in [0.1, 0.15) is 25.3 Å². The number of ether oxygens (including phenoxy) is 1. The molecule has 0 saturated heterocycles. The Kier molecular flexibility index (Phi) is 3.34. The predicted molar refractivity (Wildman–Crippen MR) is 67.0 cm³/mol. The maximum Gasteiger partial charge on any atom is 0.142 e. The first-order chi connectivity index (χ1) is 7.69. The number of hydrogen-bond acceptors (Lipinski definition) is 3. The normalized spacial score (nSPS) is 23.7. The molecule has 1 aliphatic rings. The average molecular weight is 220 g/mol. The van der Waals surface area contributed by atoms with Gasteiger partial charge in [0.05, 0.1) is 12.3 Å². The third-order valence-corrected chi connectivity index (χ3v) is 2.97. The summed E-state index contributed by atoms with van der Waals surface area (Å²) in [6, 6.07) is 7.15. The molecule has 3 N–H and O–H groups in total. The summed E-state index contributed by atoms with van der Waals surface area (Å²) in [5, 5.41) is 3.48. The second kappa shape index (κ2) is 4.74. The molecule has 1 aliphatic carbocycles. The SMILES string of the molecule is CCOc1cc(C)ccc1NC1CC(N)C1. The molecule has 16 heavy (non-hydrogen) atoms. The van der Waals surface area contributed by atoms with Gasteiger partial charge in [-0.3, -0.25) is 0 Å². The van der Waals surface area contributed by atoms with Crippen LogP contribution in [0.4, 0.5) is 5.69 Å². The Labute approximate surface area is 97.0 Å². The van der Waals surface area contributed by atoms with Crippen LogP contribution >= 0.6 is 0 Å². The van der Waals surface area contributed by atoms with E-state index in [1.807, 2.05) is 6.92 Å². The zero-order valence-electron chi connectivity index (χ0n) is 9.99. The predicted octanol–water partition coefficient (Wildman–Crippen LogP) is 2.30. The van der Waals surface area contributed by atoms with Crippen LogP contribution in [0, 0.1) is 6.92 Å². The number of benzene rings is 1. The van der Waals surface area contributed by atoms with Gasteiger partial charge < -0.3 is 15.8 Å². The maximum atomic E-state index is 5.77. The minimum absolute atomic E-state index is 0.374. The van der Waals surface area contributed by atoms with Crippen LogP contribution in [0.5, 0.6) is 5.75 Å². The van der Waals surface area contributed by atoms with E-state index >= 15 is 0 Å². The van der Waals surface area contributed by atoms with Crippen molar-refractivity contribution in [2.24, 2.45) is 5.73 Å². The van der Waals surface area contributed by atoms with Crippen molar-refractivity contribution in [1.29, 1.82) is 0 Å². The van der Waals surface area contributed by atoms with Gasteiger partial charge in [0.1, 0.15) is 5.75 Å². The molecule has 0 amide bonds. The minimum atomic E-state index is 0.374. The van der Waals surface area contributed by atoms with Gasteiger partial charge in [0.2, 0.25) is 0 Å². The van der Waals surface area contributed by atoms with Gasteiger partial charge in [-0.05, 0) is 44.4 Å². The van der Waals surface area contributed by atoms with Gasteiger partial charge in [0.25, 0.3) is 0 Å². The van der Waals surface area contributed by atoms with Crippen LogP contribution in [0.25, 0.3) is 0 Å². The molecule has 0 bridgehead atoms. The fourth-order valence-corrected chi connectivity index (χ4v) is 2.02. The van der Waals surface area contributed by atoms with Gasteiger partial charge in [-0.25, -0.2) is 0 Å². The summed E-state index contributed by atoms with van der Waals surface area (Å²) in [6.45, 7) is 4.78. The van der Waals surface area contributed by atoms with Crippen molar-refractivity contribution in [3.8, 4) is 5.75 Å².